The second-order valence-corrected chi connectivity index (χ2v) is 10.6. The summed E-state index contributed by atoms with van der Waals surface area (Å²) in [6, 6.07) is 21.0. The largest absolute Gasteiger partial charge is 0.489 e. The van der Waals surface area contributed by atoms with Gasteiger partial charge in [0.25, 0.3) is 0 Å². The Bertz CT molecular complexity index is 1590. The van der Waals surface area contributed by atoms with Crippen LogP contribution < -0.4 is 4.74 Å². The minimum atomic E-state index is -0.320. The molecule has 0 unspecified atom stereocenters. The number of hydrogen-bond acceptors (Lipinski definition) is 6. The van der Waals surface area contributed by atoms with Gasteiger partial charge in [0.1, 0.15) is 23.8 Å². The Morgan fingerprint density at radius 2 is 1.79 bits per heavy atom. The number of aromatic nitrogens is 1. The lowest BCUT2D eigenvalue weighted by atomic mass is 10.0. The number of fused-ring (bicyclic) bond motifs is 1. The summed E-state index contributed by atoms with van der Waals surface area (Å²) in [6.45, 7) is 4.49. The molecule has 5 nitrogen and oxygen atoms in total. The number of carbonyl (C=O) groups is 1. The summed E-state index contributed by atoms with van der Waals surface area (Å²) in [7, 11) is 0. The molecule has 0 spiro atoms. The zero-order valence-corrected chi connectivity index (χ0v) is 23.3. The van der Waals surface area contributed by atoms with Crippen molar-refractivity contribution in [2.45, 2.75) is 33.3 Å². The quantitative estimate of drug-likeness (QED) is 0.167. The predicted octanol–water partition coefficient (Wildman–Crippen LogP) is 9.24. The summed E-state index contributed by atoms with van der Waals surface area (Å²) in [5.41, 5.74) is 3.59. The van der Waals surface area contributed by atoms with Gasteiger partial charge in [0.15, 0.2) is 0 Å². The average Bonchev–Trinajstić information content (AvgIpc) is 3.52. The van der Waals surface area contributed by atoms with E-state index in [-0.39, 0.29) is 12.6 Å². The molecule has 0 saturated heterocycles. The molecule has 3 aromatic carbocycles. The van der Waals surface area contributed by atoms with Crippen LogP contribution in [0.15, 0.2) is 71.3 Å². The Kier molecular flexibility index (Phi) is 8.03. The van der Waals surface area contributed by atoms with Gasteiger partial charge in [0.05, 0.1) is 27.8 Å². The van der Waals surface area contributed by atoms with E-state index in [0.717, 1.165) is 50.4 Å². The summed E-state index contributed by atoms with van der Waals surface area (Å²) in [5.74, 6) is 1.17. The molecule has 0 aliphatic rings. The molecule has 0 atom stereocenters. The average molecular weight is 567 g/mol. The number of aryl methyl sites for hydroxylation is 1. The summed E-state index contributed by atoms with van der Waals surface area (Å²) in [6.07, 6.45) is 1.63. The first-order chi connectivity index (χ1) is 18.5. The normalized spacial score (nSPS) is 11.2. The molecule has 0 bridgehead atoms. The van der Waals surface area contributed by atoms with Gasteiger partial charge in [0.2, 0.25) is 0 Å². The van der Waals surface area contributed by atoms with Crippen LogP contribution in [-0.2, 0) is 17.8 Å². The van der Waals surface area contributed by atoms with E-state index in [1.165, 1.54) is 0 Å². The van der Waals surface area contributed by atoms with E-state index >= 15 is 0 Å². The fraction of sp³-hybridized carbons (Fsp3) is 0.200. The second-order valence-electron chi connectivity index (χ2n) is 8.68. The molecule has 2 aromatic heterocycles. The van der Waals surface area contributed by atoms with Crippen LogP contribution in [0.1, 0.15) is 41.9 Å². The van der Waals surface area contributed by atoms with Crippen molar-refractivity contribution in [3.05, 3.63) is 93.7 Å². The molecule has 0 saturated carbocycles. The number of carbonyl (C=O) groups excluding carboxylic acids is 1. The predicted molar refractivity (Wildman–Crippen MR) is 154 cm³/mol. The summed E-state index contributed by atoms with van der Waals surface area (Å²) in [5, 5.41) is 6.42. The molecule has 5 rings (SSSR count). The lowest BCUT2D eigenvalue weighted by molar-refractivity contribution is 0.0526. The van der Waals surface area contributed by atoms with E-state index in [9.17, 15) is 4.79 Å². The number of rotatable bonds is 9. The van der Waals surface area contributed by atoms with Crippen molar-refractivity contribution in [2.75, 3.05) is 6.61 Å². The summed E-state index contributed by atoms with van der Waals surface area (Å²) >= 11 is 14.6. The highest BCUT2D eigenvalue weighted by atomic mass is 35.5. The van der Waals surface area contributed by atoms with Crippen LogP contribution in [0, 0.1) is 0 Å². The first-order valence-electron chi connectivity index (χ1n) is 12.3. The fourth-order valence-electron chi connectivity index (χ4n) is 4.25. The first-order valence-corrected chi connectivity index (χ1v) is 13.9. The van der Waals surface area contributed by atoms with E-state index in [2.05, 4.69) is 18.1 Å². The lowest BCUT2D eigenvalue weighted by Gasteiger charge is -2.09. The molecule has 0 radical (unpaired) electrons. The number of esters is 1. The van der Waals surface area contributed by atoms with Crippen molar-refractivity contribution in [3.63, 3.8) is 0 Å². The van der Waals surface area contributed by atoms with Gasteiger partial charge in [0, 0.05) is 21.6 Å². The van der Waals surface area contributed by atoms with Crippen molar-refractivity contribution < 1.29 is 18.8 Å². The van der Waals surface area contributed by atoms with E-state index in [1.54, 1.807) is 42.5 Å². The molecular formula is C30H25Cl2NO4S. The van der Waals surface area contributed by atoms with Gasteiger partial charge in [-0.15, -0.1) is 11.3 Å². The Morgan fingerprint density at radius 1 is 1.00 bits per heavy atom. The number of benzene rings is 3. The molecule has 194 valence electrons. The molecule has 38 heavy (non-hydrogen) atoms. The molecule has 0 fully saturated rings. The summed E-state index contributed by atoms with van der Waals surface area (Å²) < 4.78 is 18.1. The monoisotopic (exact) mass is 565 g/mol. The van der Waals surface area contributed by atoms with Crippen molar-refractivity contribution in [3.8, 4) is 27.4 Å². The van der Waals surface area contributed by atoms with Gasteiger partial charge in [-0.3, -0.25) is 0 Å². The van der Waals surface area contributed by atoms with Crippen LogP contribution in [0.5, 0.6) is 5.75 Å². The number of hydrogen-bond donors (Lipinski definition) is 0. The molecule has 0 aliphatic carbocycles. The highest BCUT2D eigenvalue weighted by molar-refractivity contribution is 7.22. The highest BCUT2D eigenvalue weighted by Crippen LogP contribution is 2.39. The lowest BCUT2D eigenvalue weighted by Crippen LogP contribution is -2.04. The van der Waals surface area contributed by atoms with E-state index < -0.39 is 0 Å². The van der Waals surface area contributed by atoms with Gasteiger partial charge >= 0.3 is 5.97 Å². The van der Waals surface area contributed by atoms with Crippen molar-refractivity contribution >= 4 is 50.6 Å². The Balaban J connectivity index is 1.41. The minimum absolute atomic E-state index is 0.265. The highest BCUT2D eigenvalue weighted by Gasteiger charge is 2.22. The Labute approximate surface area is 234 Å². The van der Waals surface area contributed by atoms with Gasteiger partial charge < -0.3 is 14.0 Å². The van der Waals surface area contributed by atoms with Crippen molar-refractivity contribution in [2.24, 2.45) is 0 Å². The number of halogens is 2. The SMILES string of the molecule is CCCc1onc(-c2c(Cl)cccc2Cl)c1COc1ccc2cc(-c3cccc(C(=O)OCC)c3)sc2c1. The van der Waals surface area contributed by atoms with Crippen LogP contribution in [0.3, 0.4) is 0 Å². The molecule has 0 aliphatic heterocycles. The molecule has 0 amide bonds. The molecule has 8 heteroatoms. The molecule has 0 N–H and O–H groups in total. The van der Waals surface area contributed by atoms with Gasteiger partial charge in [-0.2, -0.15) is 0 Å². The van der Waals surface area contributed by atoms with Crippen LogP contribution in [0.25, 0.3) is 31.8 Å². The van der Waals surface area contributed by atoms with E-state index in [1.807, 2.05) is 36.4 Å². The zero-order valence-electron chi connectivity index (χ0n) is 20.9. The third-order valence-corrected chi connectivity index (χ3v) is 7.86. The van der Waals surface area contributed by atoms with Crippen molar-refractivity contribution in [1.29, 1.82) is 0 Å². The smallest absolute Gasteiger partial charge is 0.338 e. The van der Waals surface area contributed by atoms with Crippen LogP contribution in [0.4, 0.5) is 0 Å². The zero-order chi connectivity index (χ0) is 26.6. The minimum Gasteiger partial charge on any atom is -0.489 e. The maximum Gasteiger partial charge on any atom is 0.338 e. The van der Waals surface area contributed by atoms with Crippen LogP contribution in [0.2, 0.25) is 10.0 Å². The topological polar surface area (TPSA) is 61.6 Å². The number of nitrogens with zero attached hydrogens (tertiary/aromatic N) is 1. The second kappa shape index (κ2) is 11.6. The molecule has 2 heterocycles. The molecule has 5 aromatic rings. The Hall–Kier alpha value is -3.32. The third kappa shape index (κ3) is 5.44. The van der Waals surface area contributed by atoms with Crippen molar-refractivity contribution in [1.82, 2.24) is 5.16 Å². The number of thiophene rings is 1. The van der Waals surface area contributed by atoms with Gasteiger partial charge in [-0.1, -0.05) is 53.5 Å². The van der Waals surface area contributed by atoms with Crippen LogP contribution in [-0.4, -0.2) is 17.7 Å². The number of ether oxygens (including phenoxy) is 2. The van der Waals surface area contributed by atoms with Gasteiger partial charge in [-0.25, -0.2) is 4.79 Å². The standard InChI is InChI=1S/C30H25Cl2NO4S/c1-3-7-25-22(29(33-37-25)28-23(31)10-6-11-24(28)32)17-36-21-13-12-19-15-26(38-27(19)16-21)18-8-5-9-20(14-18)30(34)35-4-2/h5-6,8-16H,3-4,7,17H2,1-2H3. The Morgan fingerprint density at radius 3 is 2.55 bits per heavy atom. The van der Waals surface area contributed by atoms with Crippen LogP contribution >= 0.6 is 34.5 Å². The first kappa shape index (κ1) is 26.3. The maximum atomic E-state index is 12.2. The van der Waals surface area contributed by atoms with E-state index in [4.69, 9.17) is 37.2 Å². The maximum absolute atomic E-state index is 12.2. The molecular weight excluding hydrogens is 541 g/mol. The summed E-state index contributed by atoms with van der Waals surface area (Å²) in [4.78, 5) is 13.2. The van der Waals surface area contributed by atoms with Gasteiger partial charge in [-0.05, 0) is 72.8 Å². The third-order valence-electron chi connectivity index (χ3n) is 6.08. The van der Waals surface area contributed by atoms with E-state index in [0.29, 0.717) is 33.5 Å². The fourth-order valence-corrected chi connectivity index (χ4v) is 5.91.